The molecule has 148 valence electrons. The maximum absolute atomic E-state index is 13.3. The quantitative estimate of drug-likeness (QED) is 0.615. The zero-order valence-electron chi connectivity index (χ0n) is 16.1. The lowest BCUT2D eigenvalue weighted by Crippen LogP contribution is -2.28. The summed E-state index contributed by atoms with van der Waals surface area (Å²) in [5.74, 6) is 0.145. The van der Waals surface area contributed by atoms with Gasteiger partial charge in [-0.15, -0.1) is 0 Å². The van der Waals surface area contributed by atoms with E-state index in [4.69, 9.17) is 5.10 Å². The number of nitrogens with one attached hydrogen (secondary N) is 1. The third kappa shape index (κ3) is 4.77. The number of amides is 1. The Balaban J connectivity index is 1.49. The Kier molecular flexibility index (Phi) is 5.79. The van der Waals surface area contributed by atoms with Crippen LogP contribution in [0.2, 0.25) is 0 Å². The molecule has 1 aliphatic rings. The first kappa shape index (κ1) is 19.1. The normalized spacial score (nSPS) is 15.6. The van der Waals surface area contributed by atoms with Crippen LogP contribution in [-0.4, -0.2) is 27.2 Å². The fourth-order valence-electron chi connectivity index (χ4n) is 3.57. The molecule has 2 heterocycles. The summed E-state index contributed by atoms with van der Waals surface area (Å²) in [7, 11) is 0. The molecule has 2 aromatic heterocycles. The molecule has 0 unspecified atom stereocenters. The van der Waals surface area contributed by atoms with E-state index >= 15 is 0 Å². The summed E-state index contributed by atoms with van der Waals surface area (Å²) in [6.45, 7) is 1.03. The van der Waals surface area contributed by atoms with Gasteiger partial charge in [-0.1, -0.05) is 12.2 Å². The molecule has 1 aromatic carbocycles. The number of aromatic nitrogens is 3. The zero-order chi connectivity index (χ0) is 20.1. The highest BCUT2D eigenvalue weighted by Gasteiger charge is 2.15. The Morgan fingerprint density at radius 3 is 2.79 bits per heavy atom. The van der Waals surface area contributed by atoms with Gasteiger partial charge in [-0.25, -0.2) is 4.39 Å². The average molecular weight is 390 g/mol. The van der Waals surface area contributed by atoms with Gasteiger partial charge in [0, 0.05) is 36.5 Å². The average Bonchev–Trinajstić information content (AvgIpc) is 3.39. The van der Waals surface area contributed by atoms with Crippen LogP contribution in [0.25, 0.3) is 22.5 Å². The molecule has 0 spiro atoms. The molecule has 1 atom stereocenters. The highest BCUT2D eigenvalue weighted by Crippen LogP contribution is 2.26. The zero-order valence-corrected chi connectivity index (χ0v) is 16.1. The minimum atomic E-state index is -0.277. The van der Waals surface area contributed by atoms with E-state index in [9.17, 15) is 9.18 Å². The summed E-state index contributed by atoms with van der Waals surface area (Å²) >= 11 is 0. The number of hydrogen-bond acceptors (Lipinski definition) is 3. The molecule has 3 aromatic rings. The second-order valence-corrected chi connectivity index (χ2v) is 7.21. The summed E-state index contributed by atoms with van der Waals surface area (Å²) in [6.07, 6.45) is 10.4. The van der Waals surface area contributed by atoms with Crippen molar-refractivity contribution in [1.29, 1.82) is 0 Å². The molecule has 1 N–H and O–H groups in total. The largest absolute Gasteiger partial charge is 0.354 e. The summed E-state index contributed by atoms with van der Waals surface area (Å²) in [4.78, 5) is 16.4. The van der Waals surface area contributed by atoms with Crippen LogP contribution < -0.4 is 5.32 Å². The van der Waals surface area contributed by atoms with E-state index < -0.39 is 0 Å². The van der Waals surface area contributed by atoms with Gasteiger partial charge < -0.3 is 5.32 Å². The Hall–Kier alpha value is -3.28. The van der Waals surface area contributed by atoms with Crippen molar-refractivity contribution in [2.75, 3.05) is 6.54 Å². The lowest BCUT2D eigenvalue weighted by atomic mass is 10.1. The van der Waals surface area contributed by atoms with Crippen LogP contribution >= 0.6 is 0 Å². The molecule has 0 aliphatic heterocycles. The smallest absolute Gasteiger partial charge is 0.220 e. The molecular formula is C23H23FN4O. The maximum atomic E-state index is 13.3. The highest BCUT2D eigenvalue weighted by atomic mass is 19.1. The summed E-state index contributed by atoms with van der Waals surface area (Å²) in [5, 5.41) is 7.68. The van der Waals surface area contributed by atoms with E-state index in [-0.39, 0.29) is 11.7 Å². The van der Waals surface area contributed by atoms with E-state index in [0.29, 0.717) is 25.4 Å². The van der Waals surface area contributed by atoms with Crippen molar-refractivity contribution in [3.05, 3.63) is 72.8 Å². The molecule has 0 radical (unpaired) electrons. The number of halogens is 1. The molecule has 4 rings (SSSR count). The molecule has 6 heteroatoms. The Labute approximate surface area is 169 Å². The highest BCUT2D eigenvalue weighted by molar-refractivity contribution is 5.76. The Morgan fingerprint density at radius 1 is 1.21 bits per heavy atom. The van der Waals surface area contributed by atoms with Gasteiger partial charge in [0.15, 0.2) is 0 Å². The summed E-state index contributed by atoms with van der Waals surface area (Å²) in [5.41, 5.74) is 3.44. The lowest BCUT2D eigenvalue weighted by molar-refractivity contribution is -0.121. The molecule has 1 aliphatic carbocycles. The molecule has 1 amide bonds. The van der Waals surface area contributed by atoms with Gasteiger partial charge in [0.25, 0.3) is 0 Å². The Bertz CT molecular complexity index is 995. The fourth-order valence-corrected chi connectivity index (χ4v) is 3.57. The number of nitrogens with zero attached hydrogens (tertiary/aromatic N) is 3. The van der Waals surface area contributed by atoms with Crippen molar-refractivity contribution < 1.29 is 9.18 Å². The lowest BCUT2D eigenvalue weighted by Gasteiger charge is -2.10. The number of carbonyl (C=O) groups excluding carboxylic acids is 1. The predicted octanol–water partition coefficient (Wildman–Crippen LogP) is 4.22. The minimum absolute atomic E-state index is 0.0652. The van der Waals surface area contributed by atoms with Crippen molar-refractivity contribution in [2.24, 2.45) is 5.92 Å². The second kappa shape index (κ2) is 8.82. The second-order valence-electron chi connectivity index (χ2n) is 7.21. The number of benzene rings is 1. The van der Waals surface area contributed by atoms with Gasteiger partial charge in [0.2, 0.25) is 5.91 Å². The first-order chi connectivity index (χ1) is 14.2. The van der Waals surface area contributed by atoms with E-state index in [2.05, 4.69) is 22.5 Å². The monoisotopic (exact) mass is 390 g/mol. The maximum Gasteiger partial charge on any atom is 0.220 e. The van der Waals surface area contributed by atoms with Crippen LogP contribution in [0.1, 0.15) is 19.3 Å². The fraction of sp³-hybridized carbons (Fsp3) is 0.261. The van der Waals surface area contributed by atoms with E-state index in [0.717, 1.165) is 35.4 Å². The van der Waals surface area contributed by atoms with Gasteiger partial charge in [0.05, 0.1) is 17.9 Å². The first-order valence-corrected chi connectivity index (χ1v) is 9.86. The first-order valence-electron chi connectivity index (χ1n) is 9.86. The van der Waals surface area contributed by atoms with Crippen molar-refractivity contribution >= 4 is 5.91 Å². The third-order valence-electron chi connectivity index (χ3n) is 5.08. The number of pyridine rings is 1. The van der Waals surface area contributed by atoms with Crippen molar-refractivity contribution in [2.45, 2.75) is 25.8 Å². The molecule has 5 nitrogen and oxygen atoms in total. The molecule has 0 saturated carbocycles. The molecular weight excluding hydrogens is 367 g/mol. The minimum Gasteiger partial charge on any atom is -0.354 e. The van der Waals surface area contributed by atoms with E-state index in [1.165, 1.54) is 12.1 Å². The van der Waals surface area contributed by atoms with E-state index in [1.807, 2.05) is 22.9 Å². The SMILES string of the molecule is O=C(C[C@H]1C=CCC1)NCCn1nc(-c2ccc(F)cc2)cc1-c1cccnc1. The van der Waals surface area contributed by atoms with Crippen LogP contribution in [0.4, 0.5) is 4.39 Å². The summed E-state index contributed by atoms with van der Waals surface area (Å²) < 4.78 is 15.1. The molecule has 0 bridgehead atoms. The topological polar surface area (TPSA) is 59.8 Å². The van der Waals surface area contributed by atoms with Crippen LogP contribution in [-0.2, 0) is 11.3 Å². The standard InChI is InChI=1S/C23H23FN4O/c24-20-9-7-18(8-10-20)21-15-22(19-6-3-11-25-16-19)28(27-21)13-12-26-23(29)14-17-4-1-2-5-17/h1,3-4,6-11,15-17H,2,5,12-14H2,(H,26,29)/t17-/m0/s1. The molecule has 0 saturated heterocycles. The van der Waals surface area contributed by atoms with Gasteiger partial charge in [-0.2, -0.15) is 5.10 Å². The number of allylic oxidation sites excluding steroid dienone is 2. The van der Waals surface area contributed by atoms with Crippen LogP contribution in [0.5, 0.6) is 0 Å². The third-order valence-corrected chi connectivity index (χ3v) is 5.08. The van der Waals surface area contributed by atoms with Crippen molar-refractivity contribution in [1.82, 2.24) is 20.1 Å². The van der Waals surface area contributed by atoms with Gasteiger partial charge in [-0.3, -0.25) is 14.5 Å². The van der Waals surface area contributed by atoms with Crippen molar-refractivity contribution in [3.63, 3.8) is 0 Å². The van der Waals surface area contributed by atoms with Crippen LogP contribution in [0.3, 0.4) is 0 Å². The van der Waals surface area contributed by atoms with E-state index in [1.54, 1.807) is 24.5 Å². The molecule has 29 heavy (non-hydrogen) atoms. The number of rotatable bonds is 7. The summed E-state index contributed by atoms with van der Waals surface area (Å²) in [6, 6.07) is 12.1. The number of carbonyl (C=O) groups is 1. The Morgan fingerprint density at radius 2 is 2.07 bits per heavy atom. The van der Waals surface area contributed by atoms with Crippen molar-refractivity contribution in [3.8, 4) is 22.5 Å². The predicted molar refractivity (Wildman–Crippen MR) is 110 cm³/mol. The van der Waals surface area contributed by atoms with Gasteiger partial charge in [0.1, 0.15) is 5.82 Å². The molecule has 0 fully saturated rings. The van der Waals surface area contributed by atoms with Gasteiger partial charge >= 0.3 is 0 Å². The number of hydrogen-bond donors (Lipinski definition) is 1. The van der Waals surface area contributed by atoms with Gasteiger partial charge in [-0.05, 0) is 61.2 Å². The van der Waals surface area contributed by atoms with Crippen LogP contribution in [0.15, 0.2) is 67.0 Å². The van der Waals surface area contributed by atoms with Crippen LogP contribution in [0, 0.1) is 11.7 Å².